The van der Waals surface area contributed by atoms with Gasteiger partial charge in [-0.3, -0.25) is 4.79 Å². The number of ether oxygens (including phenoxy) is 1. The van der Waals surface area contributed by atoms with E-state index in [2.05, 4.69) is 6.92 Å². The standard InChI is InChI=1S/C19H26O6/c1-3-4-5-6-7-8-13-14(11-20)15(21)17-19(25-17,16(13)22)10-9-12(2)18(23)24/h7-9,15,17,20-21H,3-6,10-11H2,1-2H3,(H,23,24)/t15-,17-,19+/m1/s1. The Balaban J connectivity index is 2.21. The molecule has 0 aromatic rings. The summed E-state index contributed by atoms with van der Waals surface area (Å²) in [5.74, 6) is -1.35. The van der Waals surface area contributed by atoms with Crippen molar-refractivity contribution in [1.82, 2.24) is 0 Å². The number of carboxylic acid groups (broad SMARTS) is 1. The highest BCUT2D eigenvalue weighted by Crippen LogP contribution is 2.50. The third kappa shape index (κ3) is 3.92. The number of hydrogen-bond acceptors (Lipinski definition) is 5. The number of epoxide rings is 1. The smallest absolute Gasteiger partial charge is 0.330 e. The van der Waals surface area contributed by atoms with Crippen molar-refractivity contribution in [2.24, 2.45) is 0 Å². The molecule has 1 aliphatic heterocycles. The zero-order valence-electron chi connectivity index (χ0n) is 14.7. The van der Waals surface area contributed by atoms with Gasteiger partial charge in [-0.05, 0) is 25.3 Å². The van der Waals surface area contributed by atoms with Crippen LogP contribution in [0.25, 0.3) is 0 Å². The second-order valence-corrected chi connectivity index (χ2v) is 6.59. The summed E-state index contributed by atoms with van der Waals surface area (Å²) in [6, 6.07) is 0. The van der Waals surface area contributed by atoms with Crippen LogP contribution in [-0.2, 0) is 14.3 Å². The molecule has 138 valence electrons. The highest BCUT2D eigenvalue weighted by atomic mass is 16.6. The van der Waals surface area contributed by atoms with E-state index in [9.17, 15) is 19.8 Å². The highest BCUT2D eigenvalue weighted by molar-refractivity contribution is 6.08. The SMILES string of the molecule is CCCCCC=CC1=C(CO)[C@@H](O)[C@H]2O[C@@]2(CC=C(C)C(=O)O)C1=O. The van der Waals surface area contributed by atoms with Crippen LogP contribution in [0.5, 0.6) is 0 Å². The normalized spacial score (nSPS) is 29.3. The number of ketones is 1. The summed E-state index contributed by atoms with van der Waals surface area (Å²) in [6.07, 6.45) is 7.31. The first kappa shape index (κ1) is 19.6. The van der Waals surface area contributed by atoms with Gasteiger partial charge in [0.25, 0.3) is 0 Å². The third-order valence-corrected chi connectivity index (χ3v) is 4.84. The van der Waals surface area contributed by atoms with Crippen LogP contribution in [0.1, 0.15) is 46.0 Å². The van der Waals surface area contributed by atoms with Gasteiger partial charge in [0.05, 0.1) is 6.61 Å². The average Bonchev–Trinajstić information content (AvgIpc) is 3.33. The molecule has 0 aromatic carbocycles. The second kappa shape index (κ2) is 8.08. The molecule has 3 N–H and O–H groups in total. The summed E-state index contributed by atoms with van der Waals surface area (Å²) in [6.45, 7) is 3.14. The van der Waals surface area contributed by atoms with E-state index in [1.807, 2.05) is 6.08 Å². The van der Waals surface area contributed by atoms with E-state index in [1.54, 1.807) is 6.08 Å². The van der Waals surface area contributed by atoms with Crippen LogP contribution in [0.2, 0.25) is 0 Å². The monoisotopic (exact) mass is 350 g/mol. The Hall–Kier alpha value is -1.76. The molecule has 2 rings (SSSR count). The summed E-state index contributed by atoms with van der Waals surface area (Å²) < 4.78 is 5.50. The van der Waals surface area contributed by atoms with Crippen LogP contribution in [0, 0.1) is 0 Å². The number of aliphatic hydroxyl groups is 2. The molecule has 0 aromatic heterocycles. The van der Waals surface area contributed by atoms with Crippen LogP contribution < -0.4 is 0 Å². The minimum absolute atomic E-state index is 0.0948. The number of rotatable bonds is 9. The predicted octanol–water partition coefficient (Wildman–Crippen LogP) is 1.91. The quantitative estimate of drug-likeness (QED) is 0.333. The highest BCUT2D eigenvalue weighted by Gasteiger charge is 2.67. The van der Waals surface area contributed by atoms with Crippen molar-refractivity contribution in [1.29, 1.82) is 0 Å². The van der Waals surface area contributed by atoms with Crippen LogP contribution >= 0.6 is 0 Å². The Bertz CT molecular complexity index is 630. The van der Waals surface area contributed by atoms with E-state index in [0.717, 1.165) is 25.7 Å². The van der Waals surface area contributed by atoms with Gasteiger partial charge in [-0.15, -0.1) is 0 Å². The third-order valence-electron chi connectivity index (χ3n) is 4.84. The van der Waals surface area contributed by atoms with Gasteiger partial charge in [-0.1, -0.05) is 38.0 Å². The number of carbonyl (C=O) groups is 2. The lowest BCUT2D eigenvalue weighted by molar-refractivity contribution is -0.132. The molecule has 1 fully saturated rings. The van der Waals surface area contributed by atoms with E-state index in [4.69, 9.17) is 9.84 Å². The Morgan fingerprint density at radius 2 is 2.08 bits per heavy atom. The number of aliphatic carboxylic acids is 1. The van der Waals surface area contributed by atoms with Gasteiger partial charge in [0.2, 0.25) is 0 Å². The molecule has 0 amide bonds. The largest absolute Gasteiger partial charge is 0.478 e. The van der Waals surface area contributed by atoms with Gasteiger partial charge in [-0.2, -0.15) is 0 Å². The zero-order valence-corrected chi connectivity index (χ0v) is 14.7. The Labute approximate surface area is 147 Å². The molecule has 1 saturated heterocycles. The first-order valence-electron chi connectivity index (χ1n) is 8.70. The van der Waals surface area contributed by atoms with Crippen molar-refractivity contribution in [3.8, 4) is 0 Å². The molecular formula is C19H26O6. The molecule has 0 unspecified atom stereocenters. The van der Waals surface area contributed by atoms with E-state index in [1.165, 1.54) is 13.0 Å². The lowest BCUT2D eigenvalue weighted by Gasteiger charge is -2.23. The number of carboxylic acids is 1. The van der Waals surface area contributed by atoms with Gasteiger partial charge in [0.15, 0.2) is 11.4 Å². The molecule has 6 heteroatoms. The van der Waals surface area contributed by atoms with Gasteiger partial charge in [0, 0.05) is 17.6 Å². The van der Waals surface area contributed by atoms with Crippen molar-refractivity contribution >= 4 is 11.8 Å². The number of unbranched alkanes of at least 4 members (excludes halogenated alkanes) is 3. The minimum Gasteiger partial charge on any atom is -0.478 e. The lowest BCUT2D eigenvalue weighted by Crippen LogP contribution is -2.40. The van der Waals surface area contributed by atoms with Crippen LogP contribution in [0.3, 0.4) is 0 Å². The Morgan fingerprint density at radius 3 is 2.68 bits per heavy atom. The topological polar surface area (TPSA) is 107 Å². The fourth-order valence-corrected chi connectivity index (χ4v) is 3.13. The van der Waals surface area contributed by atoms with Crippen molar-refractivity contribution < 1.29 is 29.6 Å². The Morgan fingerprint density at radius 1 is 1.36 bits per heavy atom. The number of Topliss-reactive ketones (excluding diaryl/α,β-unsaturated/α-hetero) is 1. The van der Waals surface area contributed by atoms with Crippen molar-refractivity contribution in [3.63, 3.8) is 0 Å². The summed E-state index contributed by atoms with van der Waals surface area (Å²) in [4.78, 5) is 23.8. The number of hydrogen-bond donors (Lipinski definition) is 3. The van der Waals surface area contributed by atoms with Crippen molar-refractivity contribution in [3.05, 3.63) is 34.9 Å². The first-order valence-corrected chi connectivity index (χ1v) is 8.70. The van der Waals surface area contributed by atoms with E-state index < -0.39 is 30.4 Å². The number of fused-ring (bicyclic) bond motifs is 1. The van der Waals surface area contributed by atoms with Gasteiger partial charge < -0.3 is 20.1 Å². The summed E-state index contributed by atoms with van der Waals surface area (Å²) in [7, 11) is 0. The van der Waals surface area contributed by atoms with Crippen LogP contribution in [-0.4, -0.2) is 51.5 Å². The lowest BCUT2D eigenvalue weighted by atomic mass is 9.79. The number of allylic oxidation sites excluding steroid dienone is 2. The molecule has 1 aliphatic carbocycles. The maximum Gasteiger partial charge on any atom is 0.330 e. The molecule has 0 spiro atoms. The summed E-state index contributed by atoms with van der Waals surface area (Å²) in [5, 5.41) is 28.9. The maximum absolute atomic E-state index is 12.9. The molecule has 1 heterocycles. The van der Waals surface area contributed by atoms with Crippen LogP contribution in [0.4, 0.5) is 0 Å². The molecule has 2 aliphatic rings. The van der Waals surface area contributed by atoms with Gasteiger partial charge in [0.1, 0.15) is 12.2 Å². The van der Waals surface area contributed by atoms with Gasteiger partial charge in [-0.25, -0.2) is 4.79 Å². The average molecular weight is 350 g/mol. The van der Waals surface area contributed by atoms with Crippen molar-refractivity contribution in [2.75, 3.05) is 6.61 Å². The molecule has 0 bridgehead atoms. The molecule has 0 saturated carbocycles. The molecule has 25 heavy (non-hydrogen) atoms. The van der Waals surface area contributed by atoms with Crippen molar-refractivity contribution in [2.45, 2.75) is 63.8 Å². The van der Waals surface area contributed by atoms with E-state index in [-0.39, 0.29) is 28.9 Å². The van der Waals surface area contributed by atoms with Crippen LogP contribution in [0.15, 0.2) is 34.9 Å². The predicted molar refractivity (Wildman–Crippen MR) is 92.0 cm³/mol. The molecular weight excluding hydrogens is 324 g/mol. The Kier molecular flexibility index (Phi) is 6.32. The number of carbonyl (C=O) groups excluding carboxylic acids is 1. The molecule has 0 radical (unpaired) electrons. The summed E-state index contributed by atoms with van der Waals surface area (Å²) in [5.41, 5.74) is -0.535. The van der Waals surface area contributed by atoms with Gasteiger partial charge >= 0.3 is 5.97 Å². The maximum atomic E-state index is 12.9. The molecule has 3 atom stereocenters. The second-order valence-electron chi connectivity index (χ2n) is 6.59. The zero-order chi connectivity index (χ0) is 18.6. The number of aliphatic hydroxyl groups excluding tert-OH is 2. The first-order chi connectivity index (χ1) is 11.9. The summed E-state index contributed by atoms with van der Waals surface area (Å²) >= 11 is 0. The fourth-order valence-electron chi connectivity index (χ4n) is 3.13. The van der Waals surface area contributed by atoms with E-state index >= 15 is 0 Å². The minimum atomic E-state index is -1.21. The molecule has 6 nitrogen and oxygen atoms in total. The van der Waals surface area contributed by atoms with E-state index in [0.29, 0.717) is 0 Å². The fraction of sp³-hybridized carbons (Fsp3) is 0.579.